The van der Waals surface area contributed by atoms with Gasteiger partial charge in [-0.25, -0.2) is 0 Å². The Balaban J connectivity index is 1.16. The molecule has 5 heteroatoms. The van der Waals surface area contributed by atoms with E-state index < -0.39 is 0 Å². The molecule has 30 heavy (non-hydrogen) atoms. The molecule has 5 nitrogen and oxygen atoms in total. The van der Waals surface area contributed by atoms with Crippen molar-refractivity contribution < 1.29 is 4.84 Å². The minimum absolute atomic E-state index is 0.0289. The van der Waals surface area contributed by atoms with E-state index in [2.05, 4.69) is 74.5 Å². The highest BCUT2D eigenvalue weighted by atomic mass is 16.6. The van der Waals surface area contributed by atoms with Gasteiger partial charge in [0.05, 0.1) is 5.69 Å². The Labute approximate surface area is 177 Å². The highest BCUT2D eigenvalue weighted by molar-refractivity contribution is 5.99. The molecule has 152 valence electrons. The highest BCUT2D eigenvalue weighted by Gasteiger charge is 2.25. The fourth-order valence-corrected chi connectivity index (χ4v) is 4.15. The van der Waals surface area contributed by atoms with Gasteiger partial charge in [0, 0.05) is 51.0 Å². The molecule has 1 saturated heterocycles. The zero-order chi connectivity index (χ0) is 20.2. The summed E-state index contributed by atoms with van der Waals surface area (Å²) in [7, 11) is 0. The van der Waals surface area contributed by atoms with Crippen LogP contribution in [-0.4, -0.2) is 41.8 Å². The van der Waals surface area contributed by atoms with Gasteiger partial charge in [-0.2, -0.15) is 0 Å². The minimum atomic E-state index is -0.0289. The third kappa shape index (κ3) is 4.21. The van der Waals surface area contributed by atoms with Gasteiger partial charge >= 0.3 is 0 Å². The van der Waals surface area contributed by atoms with Crippen LogP contribution in [-0.2, 0) is 11.4 Å². The molecule has 2 aliphatic heterocycles. The first-order chi connectivity index (χ1) is 14.8. The van der Waals surface area contributed by atoms with E-state index in [1.54, 1.807) is 6.20 Å². The lowest BCUT2D eigenvalue weighted by Crippen LogP contribution is -2.45. The van der Waals surface area contributed by atoms with Gasteiger partial charge in [-0.05, 0) is 35.4 Å². The van der Waals surface area contributed by atoms with E-state index in [1.807, 2.05) is 18.2 Å². The maximum atomic E-state index is 5.69. The molecule has 1 atom stereocenters. The molecule has 1 fully saturated rings. The van der Waals surface area contributed by atoms with Crippen LogP contribution in [0.25, 0.3) is 0 Å². The van der Waals surface area contributed by atoms with Crippen molar-refractivity contribution >= 4 is 11.4 Å². The molecule has 2 aromatic carbocycles. The number of pyridine rings is 1. The molecular weight excluding hydrogens is 372 g/mol. The predicted octanol–water partition coefficient (Wildman–Crippen LogP) is 4.27. The summed E-state index contributed by atoms with van der Waals surface area (Å²) in [5.41, 5.74) is 5.64. The maximum Gasteiger partial charge on any atom is 0.158 e. The van der Waals surface area contributed by atoms with Gasteiger partial charge in [-0.3, -0.25) is 9.88 Å². The normalized spacial score (nSPS) is 19.4. The lowest BCUT2D eigenvalue weighted by atomic mass is 10.0. The van der Waals surface area contributed by atoms with Crippen LogP contribution in [0.4, 0.5) is 5.69 Å². The van der Waals surface area contributed by atoms with Crippen LogP contribution < -0.4 is 4.90 Å². The molecule has 0 bridgehead atoms. The SMILES string of the molecule is c1ccc(CN2CCN(c3ccc(C4CC(c5ccccn5)=NO4)cc3)CC2)cc1. The lowest BCUT2D eigenvalue weighted by molar-refractivity contribution is 0.0857. The van der Waals surface area contributed by atoms with Crippen molar-refractivity contribution in [3.63, 3.8) is 0 Å². The molecule has 0 radical (unpaired) electrons. The summed E-state index contributed by atoms with van der Waals surface area (Å²) in [6, 6.07) is 25.4. The Morgan fingerprint density at radius 3 is 2.33 bits per heavy atom. The lowest BCUT2D eigenvalue weighted by Gasteiger charge is -2.36. The fraction of sp³-hybridized carbons (Fsp3) is 0.280. The number of rotatable bonds is 5. The summed E-state index contributed by atoms with van der Waals surface area (Å²) in [6.07, 6.45) is 2.52. The predicted molar refractivity (Wildman–Crippen MR) is 120 cm³/mol. The van der Waals surface area contributed by atoms with Crippen molar-refractivity contribution in [2.24, 2.45) is 5.16 Å². The number of hydrogen-bond donors (Lipinski definition) is 0. The summed E-state index contributed by atoms with van der Waals surface area (Å²) < 4.78 is 0. The third-order valence-corrected chi connectivity index (χ3v) is 5.88. The monoisotopic (exact) mass is 398 g/mol. The van der Waals surface area contributed by atoms with E-state index in [4.69, 9.17) is 4.84 Å². The van der Waals surface area contributed by atoms with Crippen LogP contribution in [0, 0.1) is 0 Å². The molecule has 0 spiro atoms. The smallest absolute Gasteiger partial charge is 0.158 e. The second-order valence-electron chi connectivity index (χ2n) is 7.89. The van der Waals surface area contributed by atoms with E-state index in [1.165, 1.54) is 11.3 Å². The van der Waals surface area contributed by atoms with Crippen LogP contribution in [0.15, 0.2) is 84.1 Å². The average Bonchev–Trinajstić information content (AvgIpc) is 3.32. The van der Waals surface area contributed by atoms with Gasteiger partial charge in [0.15, 0.2) is 6.10 Å². The Kier molecular flexibility index (Phi) is 5.44. The third-order valence-electron chi connectivity index (χ3n) is 5.88. The first-order valence-electron chi connectivity index (χ1n) is 10.6. The molecule has 5 rings (SSSR count). The van der Waals surface area contributed by atoms with Gasteiger partial charge < -0.3 is 9.74 Å². The topological polar surface area (TPSA) is 41.0 Å². The summed E-state index contributed by atoms with van der Waals surface area (Å²) >= 11 is 0. The van der Waals surface area contributed by atoms with Crippen molar-refractivity contribution in [3.8, 4) is 0 Å². The number of aromatic nitrogens is 1. The largest absolute Gasteiger partial charge is 0.387 e. The minimum Gasteiger partial charge on any atom is -0.387 e. The number of hydrogen-bond acceptors (Lipinski definition) is 5. The summed E-state index contributed by atoms with van der Waals surface area (Å²) in [5, 5.41) is 4.26. The zero-order valence-electron chi connectivity index (χ0n) is 17.0. The van der Waals surface area contributed by atoms with Crippen LogP contribution >= 0.6 is 0 Å². The van der Waals surface area contributed by atoms with Gasteiger partial charge in [-0.15, -0.1) is 0 Å². The van der Waals surface area contributed by atoms with Crippen LogP contribution in [0.2, 0.25) is 0 Å². The van der Waals surface area contributed by atoms with Crippen molar-refractivity contribution in [3.05, 3.63) is 95.8 Å². The second-order valence-corrected chi connectivity index (χ2v) is 7.89. The fourth-order valence-electron chi connectivity index (χ4n) is 4.15. The zero-order valence-corrected chi connectivity index (χ0v) is 17.0. The van der Waals surface area contributed by atoms with E-state index >= 15 is 0 Å². The molecule has 0 amide bonds. The maximum absolute atomic E-state index is 5.69. The van der Waals surface area contributed by atoms with Crippen molar-refractivity contribution in [1.82, 2.24) is 9.88 Å². The molecule has 0 aliphatic carbocycles. The molecule has 0 N–H and O–H groups in total. The number of nitrogens with zero attached hydrogens (tertiary/aromatic N) is 4. The summed E-state index contributed by atoms with van der Waals surface area (Å²) in [4.78, 5) is 15.1. The van der Waals surface area contributed by atoms with Crippen LogP contribution in [0.5, 0.6) is 0 Å². The average molecular weight is 399 g/mol. The van der Waals surface area contributed by atoms with Gasteiger partial charge in [0.25, 0.3) is 0 Å². The Hall–Kier alpha value is -3.18. The molecule has 2 aliphatic rings. The van der Waals surface area contributed by atoms with Gasteiger partial charge in [-0.1, -0.05) is 53.7 Å². The van der Waals surface area contributed by atoms with Crippen molar-refractivity contribution in [2.75, 3.05) is 31.1 Å². The molecular formula is C25H26N4O. The standard InChI is InChI=1S/C25H26N4O/c1-2-6-20(7-3-1)19-28-14-16-29(17-15-28)22-11-9-21(10-12-22)25-18-24(27-30-25)23-8-4-5-13-26-23/h1-13,25H,14-19H2. The van der Waals surface area contributed by atoms with Gasteiger partial charge in [0.2, 0.25) is 0 Å². The quantitative estimate of drug-likeness (QED) is 0.644. The molecule has 1 aromatic heterocycles. The molecule has 0 saturated carbocycles. The van der Waals surface area contributed by atoms with Crippen molar-refractivity contribution in [2.45, 2.75) is 19.1 Å². The molecule has 3 heterocycles. The second kappa shape index (κ2) is 8.67. The van der Waals surface area contributed by atoms with E-state index in [-0.39, 0.29) is 6.10 Å². The van der Waals surface area contributed by atoms with Crippen molar-refractivity contribution in [1.29, 1.82) is 0 Å². The Morgan fingerprint density at radius 2 is 1.60 bits per heavy atom. The van der Waals surface area contributed by atoms with E-state index in [0.29, 0.717) is 0 Å². The summed E-state index contributed by atoms with van der Waals surface area (Å²) in [5.74, 6) is 0. The molecule has 3 aromatic rings. The summed E-state index contributed by atoms with van der Waals surface area (Å²) in [6.45, 7) is 5.32. The van der Waals surface area contributed by atoms with Crippen LogP contribution in [0.3, 0.4) is 0 Å². The number of benzene rings is 2. The first kappa shape index (κ1) is 18.8. The van der Waals surface area contributed by atoms with E-state index in [0.717, 1.165) is 56.1 Å². The van der Waals surface area contributed by atoms with Gasteiger partial charge in [0.1, 0.15) is 5.71 Å². The number of oxime groups is 1. The van der Waals surface area contributed by atoms with E-state index in [9.17, 15) is 0 Å². The Bertz CT molecular complexity index is 981. The highest BCUT2D eigenvalue weighted by Crippen LogP contribution is 2.30. The first-order valence-corrected chi connectivity index (χ1v) is 10.6. The number of anilines is 1. The molecule has 1 unspecified atom stereocenters. The Morgan fingerprint density at radius 1 is 0.833 bits per heavy atom. The number of piperazine rings is 1. The van der Waals surface area contributed by atoms with Crippen LogP contribution in [0.1, 0.15) is 29.3 Å².